The SMILES string of the molecule is O=[N+]([O-])c1ccc(Br)c(S(=O)(=O)C(F)(F)F)c1. The lowest BCUT2D eigenvalue weighted by Crippen LogP contribution is -2.23. The Labute approximate surface area is 101 Å². The van der Waals surface area contributed by atoms with E-state index >= 15 is 0 Å². The third-order valence-electron chi connectivity index (χ3n) is 1.72. The van der Waals surface area contributed by atoms with Crippen molar-refractivity contribution in [1.82, 2.24) is 0 Å². The Bertz CT molecular complexity index is 569. The lowest BCUT2D eigenvalue weighted by molar-refractivity contribution is -0.385. The van der Waals surface area contributed by atoms with E-state index in [1.165, 1.54) is 0 Å². The van der Waals surface area contributed by atoms with Crippen molar-refractivity contribution in [2.45, 2.75) is 10.4 Å². The highest BCUT2D eigenvalue weighted by Crippen LogP contribution is 2.35. The average Bonchev–Trinajstić information content (AvgIpc) is 2.15. The first-order chi connectivity index (χ1) is 7.57. The van der Waals surface area contributed by atoms with E-state index in [0.717, 1.165) is 12.1 Å². The van der Waals surface area contributed by atoms with Crippen LogP contribution in [0.15, 0.2) is 27.6 Å². The highest BCUT2D eigenvalue weighted by atomic mass is 79.9. The summed E-state index contributed by atoms with van der Waals surface area (Å²) >= 11 is 2.61. The molecular formula is C7H3BrF3NO4S. The lowest BCUT2D eigenvalue weighted by Gasteiger charge is -2.09. The molecule has 0 aliphatic rings. The van der Waals surface area contributed by atoms with Gasteiger partial charge in [0.15, 0.2) is 0 Å². The minimum absolute atomic E-state index is 0.354. The van der Waals surface area contributed by atoms with Crippen molar-refractivity contribution >= 4 is 31.5 Å². The van der Waals surface area contributed by atoms with Gasteiger partial charge in [-0.2, -0.15) is 13.2 Å². The van der Waals surface area contributed by atoms with Gasteiger partial charge in [0.05, 0.1) is 9.82 Å². The topological polar surface area (TPSA) is 77.3 Å². The van der Waals surface area contributed by atoms with Crippen LogP contribution in [0.2, 0.25) is 0 Å². The van der Waals surface area contributed by atoms with Crippen LogP contribution in [0.4, 0.5) is 18.9 Å². The van der Waals surface area contributed by atoms with E-state index in [0.29, 0.717) is 6.07 Å². The van der Waals surface area contributed by atoms with Crippen molar-refractivity contribution < 1.29 is 26.5 Å². The number of halogens is 4. The number of benzene rings is 1. The number of rotatable bonds is 2. The summed E-state index contributed by atoms with van der Waals surface area (Å²) in [7, 11) is -5.61. The Kier molecular flexibility index (Phi) is 3.48. The predicted molar refractivity (Wildman–Crippen MR) is 54.0 cm³/mol. The quantitative estimate of drug-likeness (QED) is 0.615. The van der Waals surface area contributed by atoms with Gasteiger partial charge in [0.2, 0.25) is 0 Å². The molecule has 0 N–H and O–H groups in total. The van der Waals surface area contributed by atoms with Gasteiger partial charge in [-0.1, -0.05) is 0 Å². The van der Waals surface area contributed by atoms with Crippen LogP contribution in [0.25, 0.3) is 0 Å². The van der Waals surface area contributed by atoms with Crippen LogP contribution < -0.4 is 0 Å². The van der Waals surface area contributed by atoms with E-state index in [4.69, 9.17) is 0 Å². The summed E-state index contributed by atoms with van der Waals surface area (Å²) in [5.74, 6) is 0. The number of non-ortho nitro benzene ring substituents is 1. The zero-order valence-corrected chi connectivity index (χ0v) is 10.1. The van der Waals surface area contributed by atoms with E-state index < -0.39 is 30.9 Å². The molecule has 0 bridgehead atoms. The highest BCUT2D eigenvalue weighted by Gasteiger charge is 2.48. The van der Waals surface area contributed by atoms with Gasteiger partial charge < -0.3 is 0 Å². The van der Waals surface area contributed by atoms with E-state index in [9.17, 15) is 31.7 Å². The second kappa shape index (κ2) is 4.26. The molecule has 0 fully saturated rings. The second-order valence-electron chi connectivity index (χ2n) is 2.82. The average molecular weight is 334 g/mol. The second-order valence-corrected chi connectivity index (χ2v) is 5.58. The van der Waals surface area contributed by atoms with Crippen LogP contribution in [-0.2, 0) is 9.84 Å². The van der Waals surface area contributed by atoms with Crippen LogP contribution in [0.5, 0.6) is 0 Å². The minimum atomic E-state index is -5.61. The molecule has 0 aromatic heterocycles. The molecule has 0 radical (unpaired) electrons. The molecule has 0 aliphatic carbocycles. The molecule has 1 aromatic carbocycles. The van der Waals surface area contributed by atoms with Gasteiger partial charge in [-0.25, -0.2) is 8.42 Å². The van der Waals surface area contributed by atoms with Crippen LogP contribution in [0.1, 0.15) is 0 Å². The third kappa shape index (κ3) is 2.57. The molecule has 94 valence electrons. The molecule has 0 amide bonds. The van der Waals surface area contributed by atoms with Crippen LogP contribution in [0.3, 0.4) is 0 Å². The van der Waals surface area contributed by atoms with Crippen molar-refractivity contribution in [2.24, 2.45) is 0 Å². The molecule has 1 rings (SSSR count). The summed E-state index contributed by atoms with van der Waals surface area (Å²) in [5, 5.41) is 10.4. The molecular weight excluding hydrogens is 331 g/mol. The van der Waals surface area contributed by atoms with Gasteiger partial charge >= 0.3 is 5.51 Å². The molecule has 0 aliphatic heterocycles. The van der Waals surface area contributed by atoms with Gasteiger partial charge in [-0.3, -0.25) is 10.1 Å². The third-order valence-corrected chi connectivity index (χ3v) is 4.20. The Hall–Kier alpha value is -1.16. The van der Waals surface area contributed by atoms with E-state index in [-0.39, 0.29) is 4.47 Å². The number of nitrogens with zero attached hydrogens (tertiary/aromatic N) is 1. The normalized spacial score (nSPS) is 12.5. The molecule has 0 heterocycles. The number of nitro groups is 1. The van der Waals surface area contributed by atoms with Gasteiger partial charge in [0, 0.05) is 16.6 Å². The van der Waals surface area contributed by atoms with Crippen molar-refractivity contribution in [3.8, 4) is 0 Å². The molecule has 0 atom stereocenters. The van der Waals surface area contributed by atoms with Crippen LogP contribution in [-0.4, -0.2) is 18.8 Å². The molecule has 10 heteroatoms. The number of alkyl halides is 3. The standard InChI is InChI=1S/C7H3BrF3NO4S/c8-5-2-1-4(12(13)14)3-6(5)17(15,16)7(9,10)11/h1-3H. The van der Waals surface area contributed by atoms with Gasteiger partial charge in [-0.05, 0) is 22.0 Å². The number of nitro benzene ring substituents is 1. The highest BCUT2D eigenvalue weighted by molar-refractivity contribution is 9.10. The van der Waals surface area contributed by atoms with E-state index in [1.54, 1.807) is 0 Å². The van der Waals surface area contributed by atoms with Crippen molar-refractivity contribution in [1.29, 1.82) is 0 Å². The predicted octanol–water partition coefficient (Wildman–Crippen LogP) is 2.65. The molecule has 0 saturated heterocycles. The van der Waals surface area contributed by atoms with Gasteiger partial charge in [-0.15, -0.1) is 0 Å². The fourth-order valence-electron chi connectivity index (χ4n) is 0.936. The van der Waals surface area contributed by atoms with Crippen molar-refractivity contribution in [3.05, 3.63) is 32.8 Å². The number of hydrogen-bond acceptors (Lipinski definition) is 4. The summed E-state index contributed by atoms with van der Waals surface area (Å²) in [5.41, 5.74) is -6.25. The van der Waals surface area contributed by atoms with Gasteiger partial charge in [0.1, 0.15) is 0 Å². The summed E-state index contributed by atoms with van der Waals surface area (Å²) in [4.78, 5) is 8.19. The molecule has 0 spiro atoms. The first-order valence-corrected chi connectivity index (χ1v) is 6.10. The first-order valence-electron chi connectivity index (χ1n) is 3.82. The monoisotopic (exact) mass is 333 g/mol. The Balaban J connectivity index is 3.52. The number of hydrogen-bond donors (Lipinski definition) is 0. The van der Waals surface area contributed by atoms with Crippen LogP contribution in [0, 0.1) is 10.1 Å². The molecule has 5 nitrogen and oxygen atoms in total. The molecule has 1 aromatic rings. The fraction of sp³-hybridized carbons (Fsp3) is 0.143. The van der Waals surface area contributed by atoms with Crippen LogP contribution >= 0.6 is 15.9 Å². The maximum absolute atomic E-state index is 12.3. The van der Waals surface area contributed by atoms with E-state index in [1.807, 2.05) is 0 Å². The Morgan fingerprint density at radius 2 is 1.82 bits per heavy atom. The van der Waals surface area contributed by atoms with Crippen molar-refractivity contribution in [2.75, 3.05) is 0 Å². The minimum Gasteiger partial charge on any atom is -0.258 e. The number of sulfone groups is 1. The summed E-state index contributed by atoms with van der Waals surface area (Å²) in [6, 6.07) is 2.11. The molecule has 0 unspecified atom stereocenters. The Morgan fingerprint density at radius 1 is 1.29 bits per heavy atom. The molecule has 0 saturated carbocycles. The summed E-state index contributed by atoms with van der Waals surface area (Å²) in [6.45, 7) is 0. The van der Waals surface area contributed by atoms with E-state index in [2.05, 4.69) is 15.9 Å². The summed E-state index contributed by atoms with van der Waals surface area (Å²) in [6.07, 6.45) is 0. The fourth-order valence-corrected chi connectivity index (χ4v) is 2.67. The van der Waals surface area contributed by atoms with Gasteiger partial charge in [0.25, 0.3) is 15.5 Å². The zero-order chi connectivity index (χ0) is 13.4. The maximum Gasteiger partial charge on any atom is 0.501 e. The largest absolute Gasteiger partial charge is 0.501 e. The lowest BCUT2D eigenvalue weighted by atomic mass is 10.3. The Morgan fingerprint density at radius 3 is 2.24 bits per heavy atom. The smallest absolute Gasteiger partial charge is 0.258 e. The van der Waals surface area contributed by atoms with Crippen molar-refractivity contribution in [3.63, 3.8) is 0 Å². The first kappa shape index (κ1) is 13.9. The zero-order valence-electron chi connectivity index (χ0n) is 7.73. The summed E-state index contributed by atoms with van der Waals surface area (Å²) < 4.78 is 58.5. The molecule has 17 heavy (non-hydrogen) atoms. The maximum atomic E-state index is 12.3.